The number of carbonyl (C=O) groups is 1. The van der Waals surface area contributed by atoms with Crippen molar-refractivity contribution in [3.8, 4) is 0 Å². The molecule has 2 rings (SSSR count). The highest BCUT2D eigenvalue weighted by Gasteiger charge is 2.38. The molecule has 1 saturated heterocycles. The van der Waals surface area contributed by atoms with Crippen LogP contribution in [0, 0.1) is 5.92 Å². The first kappa shape index (κ1) is 13.6. The highest BCUT2D eigenvalue weighted by molar-refractivity contribution is 7.10. The number of hydrogen-bond acceptors (Lipinski definition) is 3. The zero-order valence-corrected chi connectivity index (χ0v) is 12.2. The molecule has 0 spiro atoms. The van der Waals surface area contributed by atoms with E-state index in [4.69, 9.17) is 0 Å². The number of amides is 1. The molecule has 1 aromatic heterocycles. The Morgan fingerprint density at radius 2 is 2.17 bits per heavy atom. The summed E-state index contributed by atoms with van der Waals surface area (Å²) < 4.78 is 0. The van der Waals surface area contributed by atoms with Crippen LogP contribution in [0.25, 0.3) is 0 Å². The van der Waals surface area contributed by atoms with Crippen LogP contribution < -0.4 is 5.32 Å². The van der Waals surface area contributed by atoms with E-state index in [9.17, 15) is 4.79 Å². The van der Waals surface area contributed by atoms with Gasteiger partial charge in [0, 0.05) is 11.4 Å². The molecular weight excluding hydrogens is 244 g/mol. The zero-order valence-electron chi connectivity index (χ0n) is 11.3. The average Bonchev–Trinajstić information content (AvgIpc) is 2.98. The van der Waals surface area contributed by atoms with Crippen LogP contribution in [0.3, 0.4) is 0 Å². The number of carbonyl (C=O) groups excluding carboxylic acids is 1. The molecule has 1 aliphatic heterocycles. The fourth-order valence-corrected chi connectivity index (χ4v) is 3.27. The Morgan fingerprint density at radius 1 is 1.44 bits per heavy atom. The smallest absolute Gasteiger partial charge is 0.241 e. The van der Waals surface area contributed by atoms with Gasteiger partial charge in [-0.05, 0) is 24.3 Å². The van der Waals surface area contributed by atoms with Gasteiger partial charge in [-0.2, -0.15) is 0 Å². The Labute approximate surface area is 113 Å². The molecule has 3 nitrogen and oxygen atoms in total. The van der Waals surface area contributed by atoms with E-state index >= 15 is 0 Å². The highest BCUT2D eigenvalue weighted by Crippen LogP contribution is 2.30. The summed E-state index contributed by atoms with van der Waals surface area (Å²) in [6, 6.07) is 4.09. The summed E-state index contributed by atoms with van der Waals surface area (Å²) in [6.07, 6.45) is 2.34. The highest BCUT2D eigenvalue weighted by atomic mass is 32.1. The summed E-state index contributed by atoms with van der Waals surface area (Å²) in [5.41, 5.74) is 0. The van der Waals surface area contributed by atoms with Gasteiger partial charge in [0.15, 0.2) is 0 Å². The van der Waals surface area contributed by atoms with Crippen molar-refractivity contribution >= 4 is 17.2 Å². The maximum atomic E-state index is 12.2. The number of thiophene rings is 1. The van der Waals surface area contributed by atoms with Gasteiger partial charge in [-0.1, -0.05) is 32.8 Å². The molecule has 2 heterocycles. The van der Waals surface area contributed by atoms with Crippen molar-refractivity contribution in [3.05, 3.63) is 22.4 Å². The van der Waals surface area contributed by atoms with Gasteiger partial charge in [-0.3, -0.25) is 10.1 Å². The summed E-state index contributed by atoms with van der Waals surface area (Å²) in [4.78, 5) is 15.5. The molecule has 0 radical (unpaired) electrons. The van der Waals surface area contributed by atoms with Gasteiger partial charge in [-0.25, -0.2) is 0 Å². The van der Waals surface area contributed by atoms with Gasteiger partial charge < -0.3 is 4.90 Å². The van der Waals surface area contributed by atoms with Crippen molar-refractivity contribution < 1.29 is 4.79 Å². The van der Waals surface area contributed by atoms with Crippen molar-refractivity contribution in [1.82, 2.24) is 10.2 Å². The van der Waals surface area contributed by atoms with Crippen LogP contribution in [0.2, 0.25) is 0 Å². The van der Waals surface area contributed by atoms with E-state index in [0.717, 1.165) is 19.4 Å². The maximum absolute atomic E-state index is 12.2. The first-order valence-corrected chi connectivity index (χ1v) is 7.65. The van der Waals surface area contributed by atoms with E-state index in [-0.39, 0.29) is 18.1 Å². The Balaban J connectivity index is 2.15. The topological polar surface area (TPSA) is 32.3 Å². The molecule has 0 bridgehead atoms. The minimum atomic E-state index is -0.0635. The van der Waals surface area contributed by atoms with Gasteiger partial charge in [0.1, 0.15) is 6.17 Å². The molecule has 1 fully saturated rings. The van der Waals surface area contributed by atoms with Gasteiger partial charge in [0.25, 0.3) is 0 Å². The summed E-state index contributed by atoms with van der Waals surface area (Å²) >= 11 is 1.71. The van der Waals surface area contributed by atoms with Crippen molar-refractivity contribution in [3.63, 3.8) is 0 Å². The van der Waals surface area contributed by atoms with E-state index in [1.54, 1.807) is 11.3 Å². The van der Waals surface area contributed by atoms with Gasteiger partial charge in [0.05, 0.1) is 6.04 Å². The van der Waals surface area contributed by atoms with Crippen molar-refractivity contribution in [1.29, 1.82) is 0 Å². The molecule has 0 saturated carbocycles. The Bertz CT molecular complexity index is 387. The van der Waals surface area contributed by atoms with Crippen LogP contribution in [0.1, 0.15) is 44.7 Å². The summed E-state index contributed by atoms with van der Waals surface area (Å²) in [5, 5.41) is 5.47. The lowest BCUT2D eigenvalue weighted by molar-refractivity contribution is -0.130. The number of hydrogen-bond donors (Lipinski definition) is 1. The Kier molecular flexibility index (Phi) is 4.40. The fourth-order valence-electron chi connectivity index (χ4n) is 2.48. The van der Waals surface area contributed by atoms with Crippen molar-refractivity contribution in [2.45, 2.75) is 45.8 Å². The molecule has 18 heavy (non-hydrogen) atoms. The number of nitrogens with one attached hydrogen (secondary N) is 1. The van der Waals surface area contributed by atoms with E-state index in [1.807, 2.05) is 17.9 Å². The molecule has 1 amide bonds. The lowest BCUT2D eigenvalue weighted by Gasteiger charge is -2.27. The average molecular weight is 266 g/mol. The lowest BCUT2D eigenvalue weighted by Crippen LogP contribution is -2.34. The minimum Gasteiger partial charge on any atom is -0.320 e. The van der Waals surface area contributed by atoms with Crippen molar-refractivity contribution in [2.75, 3.05) is 6.54 Å². The molecule has 100 valence electrons. The van der Waals surface area contributed by atoms with Crippen LogP contribution >= 0.6 is 11.3 Å². The standard InChI is InChI=1S/C14H22N2OS/c1-4-11(5-2)9-16-13(12-7-6-8-18-12)15-10(3)14(16)17/h6-8,10-11,13,15H,4-5,9H2,1-3H3. The van der Waals surface area contributed by atoms with E-state index < -0.39 is 0 Å². The van der Waals surface area contributed by atoms with E-state index in [2.05, 4.69) is 30.6 Å². The Morgan fingerprint density at radius 3 is 2.72 bits per heavy atom. The number of nitrogens with zero attached hydrogens (tertiary/aromatic N) is 1. The third-order valence-corrected chi connectivity index (χ3v) is 4.72. The van der Waals surface area contributed by atoms with Crippen LogP contribution in [-0.2, 0) is 4.79 Å². The largest absolute Gasteiger partial charge is 0.320 e. The van der Waals surface area contributed by atoms with Gasteiger partial charge >= 0.3 is 0 Å². The zero-order chi connectivity index (χ0) is 13.1. The van der Waals surface area contributed by atoms with Crippen LogP contribution in [0.4, 0.5) is 0 Å². The Hall–Kier alpha value is -0.870. The van der Waals surface area contributed by atoms with Crippen LogP contribution in [-0.4, -0.2) is 23.4 Å². The first-order valence-electron chi connectivity index (χ1n) is 6.77. The normalized spacial score (nSPS) is 24.2. The second-order valence-electron chi connectivity index (χ2n) is 4.98. The molecular formula is C14H22N2OS. The summed E-state index contributed by atoms with van der Waals surface area (Å²) in [6.45, 7) is 7.22. The SMILES string of the molecule is CCC(CC)CN1C(=O)C(C)NC1c1cccs1. The molecule has 1 N–H and O–H groups in total. The molecule has 2 unspecified atom stereocenters. The summed E-state index contributed by atoms with van der Waals surface area (Å²) in [7, 11) is 0. The number of rotatable bonds is 5. The second-order valence-corrected chi connectivity index (χ2v) is 5.96. The third kappa shape index (κ3) is 2.59. The fraction of sp³-hybridized carbons (Fsp3) is 0.643. The molecule has 4 heteroatoms. The maximum Gasteiger partial charge on any atom is 0.241 e. The second kappa shape index (κ2) is 5.85. The molecule has 2 atom stereocenters. The summed E-state index contributed by atoms with van der Waals surface area (Å²) in [5.74, 6) is 0.837. The molecule has 0 aromatic carbocycles. The quantitative estimate of drug-likeness (QED) is 0.888. The molecule has 1 aliphatic rings. The van der Waals surface area contributed by atoms with Crippen molar-refractivity contribution in [2.24, 2.45) is 5.92 Å². The van der Waals surface area contributed by atoms with Crippen LogP contribution in [0.15, 0.2) is 17.5 Å². The van der Waals surface area contributed by atoms with Crippen LogP contribution in [0.5, 0.6) is 0 Å². The third-order valence-electron chi connectivity index (χ3n) is 3.80. The van der Waals surface area contributed by atoms with Gasteiger partial charge in [-0.15, -0.1) is 11.3 Å². The molecule has 0 aliphatic carbocycles. The van der Waals surface area contributed by atoms with E-state index in [1.165, 1.54) is 4.88 Å². The minimum absolute atomic E-state index is 0.0635. The predicted molar refractivity (Wildman–Crippen MR) is 75.4 cm³/mol. The van der Waals surface area contributed by atoms with Gasteiger partial charge in [0.2, 0.25) is 5.91 Å². The lowest BCUT2D eigenvalue weighted by atomic mass is 10.0. The first-order chi connectivity index (χ1) is 8.67. The molecule has 1 aromatic rings. The van der Waals surface area contributed by atoms with E-state index in [0.29, 0.717) is 5.92 Å². The monoisotopic (exact) mass is 266 g/mol. The predicted octanol–water partition coefficient (Wildman–Crippen LogP) is 3.00.